The Hall–Kier alpha value is -2.10. The number of H-pyrrole nitrogens is 1. The van der Waals surface area contributed by atoms with Crippen LogP contribution in [-0.2, 0) is 6.54 Å². The van der Waals surface area contributed by atoms with Crippen molar-refractivity contribution < 1.29 is 0 Å². The van der Waals surface area contributed by atoms with Gasteiger partial charge in [-0.1, -0.05) is 44.2 Å². The van der Waals surface area contributed by atoms with Gasteiger partial charge in [0.2, 0.25) is 5.95 Å². The molecule has 0 aliphatic rings. The molecular weight excluding hydrogens is 238 g/mol. The van der Waals surface area contributed by atoms with Gasteiger partial charge in [0.15, 0.2) is 0 Å². The Labute approximate surface area is 113 Å². The Morgan fingerprint density at radius 2 is 1.95 bits per heavy atom. The SMILES string of the molecule is CC(C)c1cc(=O)[nH]c(N(C)Cc2ccccc2)n1. The third kappa shape index (κ3) is 3.44. The lowest BCUT2D eigenvalue weighted by Gasteiger charge is -2.18. The first-order valence-electron chi connectivity index (χ1n) is 6.42. The van der Waals surface area contributed by atoms with Crippen molar-refractivity contribution in [3.8, 4) is 0 Å². The van der Waals surface area contributed by atoms with Gasteiger partial charge in [-0.05, 0) is 11.5 Å². The average molecular weight is 257 g/mol. The van der Waals surface area contributed by atoms with E-state index in [9.17, 15) is 4.79 Å². The van der Waals surface area contributed by atoms with Crippen molar-refractivity contribution in [2.45, 2.75) is 26.3 Å². The van der Waals surface area contributed by atoms with Crippen molar-refractivity contribution in [2.24, 2.45) is 0 Å². The van der Waals surface area contributed by atoms with E-state index in [4.69, 9.17) is 0 Å². The van der Waals surface area contributed by atoms with Crippen LogP contribution in [0.1, 0.15) is 31.0 Å². The van der Waals surface area contributed by atoms with Crippen LogP contribution in [-0.4, -0.2) is 17.0 Å². The highest BCUT2D eigenvalue weighted by molar-refractivity contribution is 5.32. The summed E-state index contributed by atoms with van der Waals surface area (Å²) in [5.41, 5.74) is 1.90. The highest BCUT2D eigenvalue weighted by Gasteiger charge is 2.09. The second kappa shape index (κ2) is 5.69. The lowest BCUT2D eigenvalue weighted by atomic mass is 10.1. The van der Waals surface area contributed by atoms with Crippen LogP contribution in [0.25, 0.3) is 0 Å². The van der Waals surface area contributed by atoms with Gasteiger partial charge in [0, 0.05) is 19.7 Å². The Kier molecular flexibility index (Phi) is 4.00. The standard InChI is InChI=1S/C15H19N3O/c1-11(2)13-9-14(19)17-15(16-13)18(3)10-12-7-5-4-6-8-12/h4-9,11H,10H2,1-3H3,(H,16,17,19). The first-order chi connectivity index (χ1) is 9.06. The van der Waals surface area contributed by atoms with Crippen LogP contribution in [0, 0.1) is 0 Å². The summed E-state index contributed by atoms with van der Waals surface area (Å²) in [6.45, 7) is 4.77. The first kappa shape index (κ1) is 13.3. The first-order valence-corrected chi connectivity index (χ1v) is 6.42. The minimum Gasteiger partial charge on any atom is -0.341 e. The Balaban J connectivity index is 2.24. The maximum atomic E-state index is 11.7. The number of anilines is 1. The number of aromatic nitrogens is 2. The second-order valence-electron chi connectivity index (χ2n) is 4.99. The maximum absolute atomic E-state index is 11.7. The fourth-order valence-electron chi connectivity index (χ4n) is 1.87. The minimum atomic E-state index is -0.103. The van der Waals surface area contributed by atoms with E-state index in [2.05, 4.69) is 22.1 Å². The molecule has 0 spiro atoms. The van der Waals surface area contributed by atoms with Crippen molar-refractivity contribution in [2.75, 3.05) is 11.9 Å². The highest BCUT2D eigenvalue weighted by Crippen LogP contribution is 2.13. The summed E-state index contributed by atoms with van der Waals surface area (Å²) < 4.78 is 0. The molecule has 1 heterocycles. The highest BCUT2D eigenvalue weighted by atomic mass is 16.1. The number of rotatable bonds is 4. The topological polar surface area (TPSA) is 49.0 Å². The van der Waals surface area contributed by atoms with Gasteiger partial charge < -0.3 is 4.90 Å². The molecule has 0 fully saturated rings. The molecular formula is C15H19N3O. The van der Waals surface area contributed by atoms with E-state index in [-0.39, 0.29) is 11.5 Å². The largest absolute Gasteiger partial charge is 0.341 e. The van der Waals surface area contributed by atoms with Gasteiger partial charge >= 0.3 is 0 Å². The molecule has 0 atom stereocenters. The van der Waals surface area contributed by atoms with Crippen LogP contribution < -0.4 is 10.5 Å². The molecule has 19 heavy (non-hydrogen) atoms. The predicted molar refractivity (Wildman–Crippen MR) is 77.5 cm³/mol. The summed E-state index contributed by atoms with van der Waals surface area (Å²) in [4.78, 5) is 20.9. The van der Waals surface area contributed by atoms with Gasteiger partial charge in [-0.15, -0.1) is 0 Å². The zero-order valence-corrected chi connectivity index (χ0v) is 11.6. The summed E-state index contributed by atoms with van der Waals surface area (Å²) in [6, 6.07) is 11.7. The van der Waals surface area contributed by atoms with Crippen molar-refractivity contribution in [1.82, 2.24) is 9.97 Å². The molecule has 4 nitrogen and oxygen atoms in total. The monoisotopic (exact) mass is 257 g/mol. The van der Waals surface area contributed by atoms with Gasteiger partial charge in [-0.2, -0.15) is 0 Å². The quantitative estimate of drug-likeness (QED) is 0.915. The third-order valence-electron chi connectivity index (χ3n) is 2.96. The maximum Gasteiger partial charge on any atom is 0.252 e. The Morgan fingerprint density at radius 1 is 1.26 bits per heavy atom. The number of benzene rings is 1. The van der Waals surface area contributed by atoms with Crippen molar-refractivity contribution >= 4 is 5.95 Å². The van der Waals surface area contributed by atoms with Crippen LogP contribution in [0.3, 0.4) is 0 Å². The molecule has 1 aromatic carbocycles. The van der Waals surface area contributed by atoms with Crippen molar-refractivity contribution in [3.63, 3.8) is 0 Å². The lowest BCUT2D eigenvalue weighted by molar-refractivity contribution is 0.783. The van der Waals surface area contributed by atoms with E-state index >= 15 is 0 Å². The van der Waals surface area contributed by atoms with Crippen LogP contribution in [0.4, 0.5) is 5.95 Å². The average Bonchev–Trinajstić information content (AvgIpc) is 2.39. The van der Waals surface area contributed by atoms with Crippen LogP contribution >= 0.6 is 0 Å². The number of nitrogens with zero attached hydrogens (tertiary/aromatic N) is 2. The molecule has 0 saturated carbocycles. The minimum absolute atomic E-state index is 0.103. The fraction of sp³-hybridized carbons (Fsp3) is 0.333. The summed E-state index contributed by atoms with van der Waals surface area (Å²) in [7, 11) is 1.93. The molecule has 1 aromatic heterocycles. The number of hydrogen-bond donors (Lipinski definition) is 1. The van der Waals surface area contributed by atoms with E-state index in [0.29, 0.717) is 12.5 Å². The summed E-state index contributed by atoms with van der Waals surface area (Å²) in [6.07, 6.45) is 0. The van der Waals surface area contributed by atoms with Gasteiger partial charge in [-0.3, -0.25) is 9.78 Å². The molecule has 4 heteroatoms. The molecule has 0 saturated heterocycles. The smallest absolute Gasteiger partial charge is 0.252 e. The van der Waals surface area contributed by atoms with Gasteiger partial charge in [0.25, 0.3) is 5.56 Å². The zero-order valence-electron chi connectivity index (χ0n) is 11.6. The normalized spacial score (nSPS) is 10.7. The van der Waals surface area contributed by atoms with E-state index < -0.39 is 0 Å². The summed E-state index contributed by atoms with van der Waals surface area (Å²) in [5.74, 6) is 0.853. The lowest BCUT2D eigenvalue weighted by Crippen LogP contribution is -2.23. The van der Waals surface area contributed by atoms with E-state index in [0.717, 1.165) is 5.69 Å². The Bertz CT molecular complexity index is 590. The molecule has 0 amide bonds. The van der Waals surface area contributed by atoms with E-state index in [1.54, 1.807) is 6.07 Å². The molecule has 1 N–H and O–H groups in total. The van der Waals surface area contributed by atoms with Crippen LogP contribution in [0.5, 0.6) is 0 Å². The molecule has 2 rings (SSSR count). The fourth-order valence-corrected chi connectivity index (χ4v) is 1.87. The number of aromatic amines is 1. The molecule has 0 unspecified atom stereocenters. The second-order valence-corrected chi connectivity index (χ2v) is 4.99. The molecule has 0 aliphatic heterocycles. The zero-order chi connectivity index (χ0) is 13.8. The van der Waals surface area contributed by atoms with Gasteiger partial charge in [0.1, 0.15) is 0 Å². The third-order valence-corrected chi connectivity index (χ3v) is 2.96. The molecule has 0 radical (unpaired) electrons. The molecule has 0 bridgehead atoms. The van der Waals surface area contributed by atoms with Gasteiger partial charge in [-0.25, -0.2) is 4.98 Å². The van der Waals surface area contributed by atoms with Crippen molar-refractivity contribution in [3.05, 3.63) is 58.0 Å². The summed E-state index contributed by atoms with van der Waals surface area (Å²) >= 11 is 0. The van der Waals surface area contributed by atoms with Gasteiger partial charge in [0.05, 0.1) is 5.69 Å². The molecule has 2 aromatic rings. The number of nitrogens with one attached hydrogen (secondary N) is 1. The predicted octanol–water partition coefficient (Wildman–Crippen LogP) is 2.53. The summed E-state index contributed by atoms with van der Waals surface area (Å²) in [5, 5.41) is 0. The Morgan fingerprint density at radius 3 is 2.58 bits per heavy atom. The number of hydrogen-bond acceptors (Lipinski definition) is 3. The van der Waals surface area contributed by atoms with Crippen molar-refractivity contribution in [1.29, 1.82) is 0 Å². The molecule has 0 aliphatic carbocycles. The van der Waals surface area contributed by atoms with E-state index in [1.807, 2.05) is 44.0 Å². The van der Waals surface area contributed by atoms with Crippen LogP contribution in [0.15, 0.2) is 41.2 Å². The van der Waals surface area contributed by atoms with E-state index in [1.165, 1.54) is 5.56 Å². The van der Waals surface area contributed by atoms with Crippen LogP contribution in [0.2, 0.25) is 0 Å². The molecule has 100 valence electrons.